The Morgan fingerprint density at radius 1 is 1.43 bits per heavy atom. The lowest BCUT2D eigenvalue weighted by Crippen LogP contribution is -2.35. The van der Waals surface area contributed by atoms with Gasteiger partial charge in [0.25, 0.3) is 0 Å². The van der Waals surface area contributed by atoms with Gasteiger partial charge in [-0.3, -0.25) is 4.79 Å². The molecule has 0 aromatic heterocycles. The number of rotatable bonds is 5. The highest BCUT2D eigenvalue weighted by Gasteiger charge is 2.36. The number of hydrogen-bond acceptors (Lipinski definition) is 3. The molecule has 1 rings (SSSR count). The second-order valence-corrected chi connectivity index (χ2v) is 7.04. The highest BCUT2D eigenvalue weighted by molar-refractivity contribution is 6.00. The molecule has 2 N–H and O–H groups in total. The Morgan fingerprint density at radius 2 is 2.04 bits per heavy atom. The molecule has 0 amide bonds. The van der Waals surface area contributed by atoms with Crippen molar-refractivity contribution in [2.24, 2.45) is 5.41 Å². The van der Waals surface area contributed by atoms with Gasteiger partial charge in [-0.1, -0.05) is 56.4 Å². The van der Waals surface area contributed by atoms with Crippen LogP contribution in [0.15, 0.2) is 59.8 Å². The van der Waals surface area contributed by atoms with Crippen molar-refractivity contribution in [2.75, 3.05) is 0 Å². The summed E-state index contributed by atoms with van der Waals surface area (Å²) in [5, 5.41) is 19.6. The minimum Gasteiger partial charge on any atom is -0.385 e. The average Bonchev–Trinajstić information content (AvgIpc) is 2.44. The maximum absolute atomic E-state index is 12.0. The number of carbonyl (C=O) groups excluding carboxylic acids is 1. The first-order valence-electron chi connectivity index (χ1n) is 7.84. The highest BCUT2D eigenvalue weighted by atomic mass is 16.3. The molecule has 126 valence electrons. The molecule has 1 aliphatic carbocycles. The van der Waals surface area contributed by atoms with Crippen molar-refractivity contribution in [3.05, 3.63) is 59.8 Å². The molecular weight excluding hydrogens is 288 g/mol. The number of carbonyl (C=O) groups is 1. The van der Waals surface area contributed by atoms with Crippen LogP contribution in [0.4, 0.5) is 0 Å². The number of Topliss-reactive ketones (excluding diaryl/α,β-unsaturated/α-hetero) is 1. The van der Waals surface area contributed by atoms with Crippen LogP contribution >= 0.6 is 0 Å². The molecule has 0 fully saturated rings. The van der Waals surface area contributed by atoms with Gasteiger partial charge in [0, 0.05) is 0 Å². The lowest BCUT2D eigenvalue weighted by molar-refractivity contribution is -0.125. The molecule has 0 bridgehead atoms. The molecule has 0 heterocycles. The number of allylic oxidation sites excluding steroid dienone is 6. The normalized spacial score (nSPS) is 25.3. The van der Waals surface area contributed by atoms with Crippen LogP contribution in [0.1, 0.15) is 41.0 Å². The fraction of sp³-hybridized carbons (Fsp3) is 0.450. The molecule has 2 atom stereocenters. The summed E-state index contributed by atoms with van der Waals surface area (Å²) in [4.78, 5) is 12.0. The molecule has 0 aromatic carbocycles. The fourth-order valence-electron chi connectivity index (χ4n) is 2.66. The van der Waals surface area contributed by atoms with E-state index in [0.717, 1.165) is 11.1 Å². The van der Waals surface area contributed by atoms with Crippen molar-refractivity contribution >= 4 is 5.78 Å². The van der Waals surface area contributed by atoms with Crippen LogP contribution in [0.25, 0.3) is 0 Å². The maximum atomic E-state index is 12.0. The first kappa shape index (κ1) is 19.3. The quantitative estimate of drug-likeness (QED) is 0.601. The first-order chi connectivity index (χ1) is 10.5. The van der Waals surface area contributed by atoms with E-state index in [1.54, 1.807) is 26.0 Å². The van der Waals surface area contributed by atoms with Gasteiger partial charge < -0.3 is 10.2 Å². The van der Waals surface area contributed by atoms with E-state index in [0.29, 0.717) is 12.0 Å². The zero-order valence-corrected chi connectivity index (χ0v) is 14.8. The molecule has 1 aliphatic rings. The average molecular weight is 316 g/mol. The summed E-state index contributed by atoms with van der Waals surface area (Å²) in [6.45, 7) is 13.0. The summed E-state index contributed by atoms with van der Waals surface area (Å²) in [6, 6.07) is 0. The van der Waals surface area contributed by atoms with E-state index in [4.69, 9.17) is 0 Å². The van der Waals surface area contributed by atoms with E-state index < -0.39 is 11.7 Å². The van der Waals surface area contributed by atoms with E-state index in [-0.39, 0.29) is 11.2 Å². The summed E-state index contributed by atoms with van der Waals surface area (Å²) in [7, 11) is 0. The van der Waals surface area contributed by atoms with E-state index in [9.17, 15) is 15.0 Å². The zero-order chi connectivity index (χ0) is 17.8. The molecule has 3 nitrogen and oxygen atoms in total. The smallest absolute Gasteiger partial charge is 0.187 e. The Labute approximate surface area is 139 Å². The summed E-state index contributed by atoms with van der Waals surface area (Å²) in [6.07, 6.45) is 10.2. The highest BCUT2D eigenvalue weighted by Crippen LogP contribution is 2.39. The number of hydrogen-bond donors (Lipinski definition) is 2. The van der Waals surface area contributed by atoms with E-state index in [2.05, 4.69) is 6.58 Å². The molecule has 3 heteroatoms. The number of aliphatic hydroxyl groups is 2. The molecule has 0 saturated carbocycles. The van der Waals surface area contributed by atoms with Crippen molar-refractivity contribution in [3.8, 4) is 0 Å². The molecule has 0 aromatic rings. The Hall–Kier alpha value is -1.71. The third kappa shape index (κ3) is 5.15. The Bertz CT molecular complexity index is 598. The van der Waals surface area contributed by atoms with Gasteiger partial charge in [0.15, 0.2) is 5.78 Å². The second kappa shape index (κ2) is 7.24. The minimum absolute atomic E-state index is 0.187. The lowest BCUT2D eigenvalue weighted by atomic mass is 9.71. The largest absolute Gasteiger partial charge is 0.385 e. The number of ketones is 1. The van der Waals surface area contributed by atoms with Crippen molar-refractivity contribution in [3.63, 3.8) is 0 Å². The molecule has 0 saturated heterocycles. The summed E-state index contributed by atoms with van der Waals surface area (Å²) < 4.78 is 0. The topological polar surface area (TPSA) is 57.5 Å². The third-order valence-corrected chi connectivity index (χ3v) is 4.23. The van der Waals surface area contributed by atoms with Crippen LogP contribution in [-0.2, 0) is 4.79 Å². The van der Waals surface area contributed by atoms with Crippen LogP contribution in [-0.4, -0.2) is 27.7 Å². The SMILES string of the molecule is C=CC(C)(O)/C=C/C=C(C)/C=C/C1=C(C)C(=O)C(O)CC1(C)C. The van der Waals surface area contributed by atoms with Gasteiger partial charge in [-0.15, -0.1) is 0 Å². The maximum Gasteiger partial charge on any atom is 0.187 e. The minimum atomic E-state index is -1.02. The molecule has 0 spiro atoms. The number of aliphatic hydroxyl groups excluding tert-OH is 1. The summed E-state index contributed by atoms with van der Waals surface area (Å²) in [5.41, 5.74) is 1.32. The van der Waals surface area contributed by atoms with Crippen LogP contribution < -0.4 is 0 Å². The van der Waals surface area contributed by atoms with Gasteiger partial charge in [-0.25, -0.2) is 0 Å². The second-order valence-electron chi connectivity index (χ2n) is 7.04. The van der Waals surface area contributed by atoms with Gasteiger partial charge in [-0.05, 0) is 49.8 Å². The van der Waals surface area contributed by atoms with Crippen LogP contribution in [0.2, 0.25) is 0 Å². The first-order valence-corrected chi connectivity index (χ1v) is 7.84. The van der Waals surface area contributed by atoms with Crippen molar-refractivity contribution in [2.45, 2.75) is 52.7 Å². The van der Waals surface area contributed by atoms with Gasteiger partial charge in [0.2, 0.25) is 0 Å². The Kier molecular flexibility index (Phi) is 6.09. The predicted octanol–water partition coefficient (Wildman–Crippen LogP) is 3.66. The monoisotopic (exact) mass is 316 g/mol. The van der Waals surface area contributed by atoms with Crippen molar-refractivity contribution < 1.29 is 15.0 Å². The van der Waals surface area contributed by atoms with Crippen LogP contribution in [0, 0.1) is 5.41 Å². The van der Waals surface area contributed by atoms with Crippen molar-refractivity contribution in [1.29, 1.82) is 0 Å². The fourth-order valence-corrected chi connectivity index (χ4v) is 2.66. The Balaban J connectivity index is 2.99. The molecule has 2 unspecified atom stereocenters. The van der Waals surface area contributed by atoms with Gasteiger partial charge in [0.05, 0.1) is 5.60 Å². The van der Waals surface area contributed by atoms with E-state index in [1.807, 2.05) is 39.0 Å². The lowest BCUT2D eigenvalue weighted by Gasteiger charge is -2.34. The van der Waals surface area contributed by atoms with Gasteiger partial charge in [-0.2, -0.15) is 0 Å². The van der Waals surface area contributed by atoms with Crippen LogP contribution in [0.3, 0.4) is 0 Å². The van der Waals surface area contributed by atoms with E-state index in [1.165, 1.54) is 6.08 Å². The zero-order valence-electron chi connectivity index (χ0n) is 14.8. The third-order valence-electron chi connectivity index (χ3n) is 4.23. The van der Waals surface area contributed by atoms with E-state index >= 15 is 0 Å². The standard InChI is InChI=1S/C20H28O3/c1-7-20(6,23)12-8-9-14(2)10-11-16-15(3)18(22)17(21)13-19(16,4)5/h7-12,17,21,23H,1,13H2,2-6H3/b11-10+,12-8+,14-9+. The molecule has 0 aliphatic heterocycles. The molecule has 23 heavy (non-hydrogen) atoms. The summed E-state index contributed by atoms with van der Waals surface area (Å²) >= 11 is 0. The van der Waals surface area contributed by atoms with Crippen molar-refractivity contribution in [1.82, 2.24) is 0 Å². The molecular formula is C20H28O3. The van der Waals surface area contributed by atoms with Crippen LogP contribution in [0.5, 0.6) is 0 Å². The Morgan fingerprint density at radius 3 is 2.61 bits per heavy atom. The summed E-state index contributed by atoms with van der Waals surface area (Å²) in [5.74, 6) is -0.187. The predicted molar refractivity (Wildman–Crippen MR) is 95.0 cm³/mol. The van der Waals surface area contributed by atoms with Gasteiger partial charge >= 0.3 is 0 Å². The van der Waals surface area contributed by atoms with Gasteiger partial charge in [0.1, 0.15) is 6.10 Å². The molecule has 0 radical (unpaired) electrons.